The van der Waals surface area contributed by atoms with Crippen molar-refractivity contribution in [3.8, 4) is 28.0 Å². The molecule has 0 aliphatic heterocycles. The zero-order valence-corrected chi connectivity index (χ0v) is 12.4. The maximum Gasteiger partial charge on any atom is 0.166 e. The highest BCUT2D eigenvalue weighted by molar-refractivity contribution is 5.96. The van der Waals surface area contributed by atoms with E-state index in [-0.39, 0.29) is 11.3 Å². The molecule has 4 aromatic rings. The summed E-state index contributed by atoms with van der Waals surface area (Å²) >= 11 is 0. The lowest BCUT2D eigenvalue weighted by Gasteiger charge is -2.05. The van der Waals surface area contributed by atoms with E-state index < -0.39 is 11.6 Å². The minimum Gasteiger partial charge on any atom is -0.508 e. The summed E-state index contributed by atoms with van der Waals surface area (Å²) in [7, 11) is 0. The highest BCUT2D eigenvalue weighted by atomic mass is 19.2. The Morgan fingerprint density at radius 2 is 1.75 bits per heavy atom. The number of nitrogens with zero attached hydrogens (tertiary/aromatic N) is 1. The van der Waals surface area contributed by atoms with Crippen LogP contribution in [-0.2, 0) is 0 Å². The smallest absolute Gasteiger partial charge is 0.166 e. The van der Waals surface area contributed by atoms with Crippen LogP contribution in [0.4, 0.5) is 8.78 Å². The highest BCUT2D eigenvalue weighted by Gasteiger charge is 2.15. The molecule has 2 aromatic carbocycles. The first kappa shape index (κ1) is 14.4. The topological polar surface area (TPSA) is 48.9 Å². The van der Waals surface area contributed by atoms with Gasteiger partial charge in [-0.1, -0.05) is 24.3 Å². The molecule has 2 heterocycles. The van der Waals surface area contributed by atoms with Gasteiger partial charge in [-0.3, -0.25) is 0 Å². The number of pyridine rings is 1. The van der Waals surface area contributed by atoms with Gasteiger partial charge in [0.25, 0.3) is 0 Å². The standard InChI is InChI=1S/C19H12F2N2O/c20-17-6-2-5-14(18(17)21)16-10-23-19-15(16)8-12(9-22-19)11-3-1-4-13(24)7-11/h1-10,24H,(H,22,23). The summed E-state index contributed by atoms with van der Waals surface area (Å²) in [6.45, 7) is 0. The van der Waals surface area contributed by atoms with E-state index in [0.717, 1.165) is 17.2 Å². The molecular weight excluding hydrogens is 310 g/mol. The minimum atomic E-state index is -0.890. The molecule has 0 aliphatic rings. The van der Waals surface area contributed by atoms with E-state index >= 15 is 0 Å². The molecule has 0 atom stereocenters. The van der Waals surface area contributed by atoms with E-state index in [1.807, 2.05) is 12.1 Å². The lowest BCUT2D eigenvalue weighted by atomic mass is 10.0. The third kappa shape index (κ3) is 2.31. The van der Waals surface area contributed by atoms with Crippen LogP contribution in [0.5, 0.6) is 5.75 Å². The summed E-state index contributed by atoms with van der Waals surface area (Å²) in [6.07, 6.45) is 3.28. The molecule has 3 nitrogen and oxygen atoms in total. The van der Waals surface area contributed by atoms with Crippen LogP contribution < -0.4 is 0 Å². The molecule has 2 N–H and O–H groups in total. The fraction of sp³-hybridized carbons (Fsp3) is 0. The summed E-state index contributed by atoms with van der Waals surface area (Å²) in [5.41, 5.74) is 2.86. The van der Waals surface area contributed by atoms with Crippen LogP contribution in [0.2, 0.25) is 0 Å². The number of rotatable bonds is 2. The molecule has 118 valence electrons. The molecule has 0 spiro atoms. The average Bonchev–Trinajstić information content (AvgIpc) is 3.00. The summed E-state index contributed by atoms with van der Waals surface area (Å²) in [6, 6.07) is 12.7. The Bertz CT molecular complexity index is 1060. The van der Waals surface area contributed by atoms with E-state index in [1.54, 1.807) is 30.6 Å². The summed E-state index contributed by atoms with van der Waals surface area (Å²) in [5.74, 6) is -1.63. The van der Waals surface area contributed by atoms with Gasteiger partial charge in [-0.2, -0.15) is 0 Å². The van der Waals surface area contributed by atoms with Crippen LogP contribution in [0.3, 0.4) is 0 Å². The number of hydrogen-bond donors (Lipinski definition) is 2. The van der Waals surface area contributed by atoms with E-state index in [4.69, 9.17) is 0 Å². The maximum atomic E-state index is 14.1. The van der Waals surface area contributed by atoms with Crippen molar-refractivity contribution >= 4 is 11.0 Å². The summed E-state index contributed by atoms with van der Waals surface area (Å²) < 4.78 is 27.7. The second-order valence-electron chi connectivity index (χ2n) is 5.47. The zero-order chi connectivity index (χ0) is 16.7. The monoisotopic (exact) mass is 322 g/mol. The number of H-pyrrole nitrogens is 1. The zero-order valence-electron chi connectivity index (χ0n) is 12.4. The van der Waals surface area contributed by atoms with Crippen molar-refractivity contribution in [2.45, 2.75) is 0 Å². The lowest BCUT2D eigenvalue weighted by Crippen LogP contribution is -1.88. The first-order valence-electron chi connectivity index (χ1n) is 7.34. The van der Waals surface area contributed by atoms with Crippen LogP contribution in [0.15, 0.2) is 60.9 Å². The largest absolute Gasteiger partial charge is 0.508 e. The Labute approximate surface area is 136 Å². The van der Waals surface area contributed by atoms with Gasteiger partial charge in [-0.15, -0.1) is 0 Å². The Morgan fingerprint density at radius 3 is 2.58 bits per heavy atom. The number of nitrogens with one attached hydrogen (secondary N) is 1. The van der Waals surface area contributed by atoms with Gasteiger partial charge in [0.1, 0.15) is 11.4 Å². The summed E-state index contributed by atoms with van der Waals surface area (Å²) in [5, 5.41) is 10.3. The molecule has 2 aromatic heterocycles. The van der Waals surface area contributed by atoms with Crippen molar-refractivity contribution in [3.05, 3.63) is 72.6 Å². The number of aromatic nitrogens is 2. The predicted molar refractivity (Wildman–Crippen MR) is 88.5 cm³/mol. The first-order valence-corrected chi connectivity index (χ1v) is 7.34. The molecule has 0 fully saturated rings. The van der Waals surface area contributed by atoms with E-state index in [9.17, 15) is 13.9 Å². The van der Waals surface area contributed by atoms with Gasteiger partial charge in [-0.05, 0) is 29.8 Å². The third-order valence-electron chi connectivity index (χ3n) is 3.95. The van der Waals surface area contributed by atoms with Gasteiger partial charge in [0.2, 0.25) is 0 Å². The number of halogens is 2. The SMILES string of the molecule is Oc1cccc(-c2cnc3[nH]cc(-c4cccc(F)c4F)c3c2)c1. The van der Waals surface area contributed by atoms with Gasteiger partial charge >= 0.3 is 0 Å². The van der Waals surface area contributed by atoms with Gasteiger partial charge < -0.3 is 10.1 Å². The Kier molecular flexibility index (Phi) is 3.27. The molecule has 0 aliphatic carbocycles. The van der Waals surface area contributed by atoms with Gasteiger partial charge in [0.15, 0.2) is 11.6 Å². The van der Waals surface area contributed by atoms with E-state index in [0.29, 0.717) is 16.6 Å². The van der Waals surface area contributed by atoms with E-state index in [1.165, 1.54) is 12.1 Å². The second kappa shape index (κ2) is 5.45. The number of aromatic hydroxyl groups is 1. The fourth-order valence-corrected chi connectivity index (χ4v) is 2.78. The van der Waals surface area contributed by atoms with Crippen molar-refractivity contribution in [2.75, 3.05) is 0 Å². The van der Waals surface area contributed by atoms with Crippen LogP contribution in [-0.4, -0.2) is 15.1 Å². The van der Waals surface area contributed by atoms with Crippen LogP contribution >= 0.6 is 0 Å². The fourth-order valence-electron chi connectivity index (χ4n) is 2.78. The molecule has 4 rings (SSSR count). The second-order valence-corrected chi connectivity index (χ2v) is 5.47. The molecular formula is C19H12F2N2O. The van der Waals surface area contributed by atoms with E-state index in [2.05, 4.69) is 9.97 Å². The molecule has 24 heavy (non-hydrogen) atoms. The number of hydrogen-bond acceptors (Lipinski definition) is 2. The molecule has 0 bridgehead atoms. The molecule has 0 saturated heterocycles. The number of fused-ring (bicyclic) bond motifs is 1. The molecule has 0 saturated carbocycles. The number of phenolic OH excluding ortho intramolecular Hbond substituents is 1. The van der Waals surface area contributed by atoms with Gasteiger partial charge in [-0.25, -0.2) is 13.8 Å². The summed E-state index contributed by atoms with van der Waals surface area (Å²) in [4.78, 5) is 7.31. The molecule has 0 amide bonds. The van der Waals surface area contributed by atoms with Crippen molar-refractivity contribution in [2.24, 2.45) is 0 Å². The number of benzene rings is 2. The van der Waals surface area contributed by atoms with Crippen molar-refractivity contribution in [3.63, 3.8) is 0 Å². The molecule has 0 radical (unpaired) electrons. The average molecular weight is 322 g/mol. The minimum absolute atomic E-state index is 0.151. The number of aromatic amines is 1. The van der Waals surface area contributed by atoms with Crippen molar-refractivity contribution in [1.82, 2.24) is 9.97 Å². The predicted octanol–water partition coefficient (Wildman–Crippen LogP) is 4.88. The Balaban J connectivity index is 1.92. The van der Waals surface area contributed by atoms with Gasteiger partial charge in [0, 0.05) is 34.5 Å². The lowest BCUT2D eigenvalue weighted by molar-refractivity contribution is 0.475. The van der Waals surface area contributed by atoms with Crippen molar-refractivity contribution in [1.29, 1.82) is 0 Å². The van der Waals surface area contributed by atoms with Crippen LogP contribution in [0, 0.1) is 11.6 Å². The van der Waals surface area contributed by atoms with Crippen molar-refractivity contribution < 1.29 is 13.9 Å². The molecule has 5 heteroatoms. The number of phenols is 1. The molecule has 0 unspecified atom stereocenters. The first-order chi connectivity index (χ1) is 11.6. The van der Waals surface area contributed by atoms with Gasteiger partial charge in [0.05, 0.1) is 0 Å². The Morgan fingerprint density at radius 1 is 0.917 bits per heavy atom. The third-order valence-corrected chi connectivity index (χ3v) is 3.95. The maximum absolute atomic E-state index is 14.1. The van der Waals surface area contributed by atoms with Crippen LogP contribution in [0.25, 0.3) is 33.3 Å². The van der Waals surface area contributed by atoms with Crippen LogP contribution in [0.1, 0.15) is 0 Å². The highest BCUT2D eigenvalue weighted by Crippen LogP contribution is 2.33. The Hall–Kier alpha value is -3.21. The normalized spacial score (nSPS) is 11.1. The quantitative estimate of drug-likeness (QED) is 0.552.